The zero-order valence-electron chi connectivity index (χ0n) is 8.80. The third kappa shape index (κ3) is 4.62. The van der Waals surface area contributed by atoms with E-state index in [-0.39, 0.29) is 5.75 Å². The fourth-order valence-corrected chi connectivity index (χ4v) is 2.40. The molecule has 1 amide bonds. The van der Waals surface area contributed by atoms with Crippen LogP contribution in [0.1, 0.15) is 5.56 Å². The second-order valence-electron chi connectivity index (χ2n) is 3.14. The lowest BCUT2D eigenvalue weighted by molar-refractivity contribution is -0.139. The average Bonchev–Trinajstić information content (AvgIpc) is 2.30. The molecule has 0 aliphatic rings. The molecule has 0 fully saturated rings. The van der Waals surface area contributed by atoms with Gasteiger partial charge in [0.15, 0.2) is 0 Å². The topological polar surface area (TPSA) is 79.3 Å². The van der Waals surface area contributed by atoms with Crippen molar-refractivity contribution in [1.82, 2.24) is 10.3 Å². The minimum Gasteiger partial charge on any atom is -0.480 e. The Labute approximate surface area is 108 Å². The normalized spacial score (nSPS) is 11.8. The highest BCUT2D eigenvalue weighted by atomic mass is 35.5. The molecule has 0 saturated heterocycles. The molecular formula is C10H11ClN2O3S. The third-order valence-corrected chi connectivity index (χ3v) is 3.37. The highest BCUT2D eigenvalue weighted by molar-refractivity contribution is 7.98. The molecule has 0 bridgehead atoms. The summed E-state index contributed by atoms with van der Waals surface area (Å²) in [6.45, 7) is 0. The monoisotopic (exact) mass is 274 g/mol. The summed E-state index contributed by atoms with van der Waals surface area (Å²) in [6.07, 6.45) is 1.97. The Bertz CT molecular complexity index is 403. The molecule has 5 nitrogen and oxygen atoms in total. The van der Waals surface area contributed by atoms with Gasteiger partial charge < -0.3 is 10.4 Å². The molecule has 7 heteroatoms. The van der Waals surface area contributed by atoms with Gasteiger partial charge in [0.2, 0.25) is 6.41 Å². The van der Waals surface area contributed by atoms with Crippen LogP contribution in [0.4, 0.5) is 0 Å². The van der Waals surface area contributed by atoms with Gasteiger partial charge in [-0.15, -0.1) is 0 Å². The molecule has 1 aromatic heterocycles. The number of carboxylic acids is 1. The summed E-state index contributed by atoms with van der Waals surface area (Å²) in [7, 11) is 0. The van der Waals surface area contributed by atoms with Crippen LogP contribution in [0, 0.1) is 0 Å². The predicted molar refractivity (Wildman–Crippen MR) is 66.0 cm³/mol. The Kier molecular flexibility index (Phi) is 5.79. The number of nitrogens with zero attached hydrogens (tertiary/aromatic N) is 1. The lowest BCUT2D eigenvalue weighted by atomic mass is 10.3. The maximum absolute atomic E-state index is 10.7. The van der Waals surface area contributed by atoms with Crippen molar-refractivity contribution in [1.29, 1.82) is 0 Å². The molecule has 0 spiro atoms. The van der Waals surface area contributed by atoms with E-state index in [9.17, 15) is 9.59 Å². The Morgan fingerprint density at radius 1 is 1.71 bits per heavy atom. The molecule has 1 heterocycles. The first-order chi connectivity index (χ1) is 8.15. The molecule has 17 heavy (non-hydrogen) atoms. The van der Waals surface area contributed by atoms with Gasteiger partial charge in [-0.3, -0.25) is 4.79 Å². The van der Waals surface area contributed by atoms with Gasteiger partial charge in [0, 0.05) is 17.7 Å². The summed E-state index contributed by atoms with van der Waals surface area (Å²) in [6, 6.07) is 2.71. The second-order valence-corrected chi connectivity index (χ2v) is 4.53. The van der Waals surface area contributed by atoms with Crippen LogP contribution in [0.5, 0.6) is 0 Å². The lowest BCUT2D eigenvalue weighted by Crippen LogP contribution is -2.37. The second kappa shape index (κ2) is 7.13. The maximum Gasteiger partial charge on any atom is 0.327 e. The number of hydrogen-bond donors (Lipinski definition) is 2. The molecule has 1 atom stereocenters. The molecule has 92 valence electrons. The van der Waals surface area contributed by atoms with Crippen molar-refractivity contribution in [3.63, 3.8) is 0 Å². The summed E-state index contributed by atoms with van der Waals surface area (Å²) in [4.78, 5) is 24.8. The van der Waals surface area contributed by atoms with Crippen LogP contribution >= 0.6 is 23.4 Å². The van der Waals surface area contributed by atoms with Gasteiger partial charge in [-0.2, -0.15) is 11.8 Å². The number of aliphatic carboxylic acids is 1. The van der Waals surface area contributed by atoms with Crippen molar-refractivity contribution in [2.24, 2.45) is 0 Å². The summed E-state index contributed by atoms with van der Waals surface area (Å²) >= 11 is 7.22. The summed E-state index contributed by atoms with van der Waals surface area (Å²) in [5, 5.41) is 11.4. The molecule has 1 unspecified atom stereocenters. The van der Waals surface area contributed by atoms with Crippen molar-refractivity contribution in [2.75, 3.05) is 5.75 Å². The van der Waals surface area contributed by atoms with Crippen molar-refractivity contribution >= 4 is 35.7 Å². The molecule has 1 rings (SSSR count). The lowest BCUT2D eigenvalue weighted by Gasteiger charge is -2.10. The van der Waals surface area contributed by atoms with E-state index in [1.54, 1.807) is 12.3 Å². The van der Waals surface area contributed by atoms with Crippen LogP contribution in [0.25, 0.3) is 0 Å². The third-order valence-electron chi connectivity index (χ3n) is 1.95. The number of aromatic nitrogens is 1. The number of carbonyl (C=O) groups is 2. The molecule has 0 aliphatic heterocycles. The molecule has 0 radical (unpaired) electrons. The molecular weight excluding hydrogens is 264 g/mol. The van der Waals surface area contributed by atoms with Gasteiger partial charge in [0.25, 0.3) is 0 Å². The highest BCUT2D eigenvalue weighted by Gasteiger charge is 2.16. The number of thioether (sulfide) groups is 1. The minimum atomic E-state index is -1.05. The van der Waals surface area contributed by atoms with E-state index in [4.69, 9.17) is 16.7 Å². The fraction of sp³-hybridized carbons (Fsp3) is 0.300. The van der Waals surface area contributed by atoms with E-state index >= 15 is 0 Å². The van der Waals surface area contributed by atoms with Gasteiger partial charge in [0.1, 0.15) is 11.2 Å². The molecule has 0 aliphatic carbocycles. The van der Waals surface area contributed by atoms with Crippen LogP contribution in [0.2, 0.25) is 5.15 Å². The first-order valence-corrected chi connectivity index (χ1v) is 6.28. The van der Waals surface area contributed by atoms with E-state index in [2.05, 4.69) is 10.3 Å². The quantitative estimate of drug-likeness (QED) is 0.576. The van der Waals surface area contributed by atoms with Gasteiger partial charge in [-0.25, -0.2) is 9.78 Å². The number of amides is 1. The molecule has 2 N–H and O–H groups in total. The number of nitrogens with one attached hydrogen (secondary N) is 1. The van der Waals surface area contributed by atoms with Gasteiger partial charge >= 0.3 is 5.97 Å². The van der Waals surface area contributed by atoms with E-state index < -0.39 is 12.0 Å². The smallest absolute Gasteiger partial charge is 0.327 e. The van der Waals surface area contributed by atoms with Crippen molar-refractivity contribution < 1.29 is 14.7 Å². The summed E-state index contributed by atoms with van der Waals surface area (Å²) < 4.78 is 0. The SMILES string of the molecule is O=CNC(CSCc1cccnc1Cl)C(=O)O. The van der Waals surface area contributed by atoms with Gasteiger partial charge in [-0.1, -0.05) is 17.7 Å². The minimum absolute atomic E-state index is 0.277. The summed E-state index contributed by atoms with van der Waals surface area (Å²) in [5.74, 6) is -0.224. The van der Waals surface area contributed by atoms with Crippen LogP contribution in [0.15, 0.2) is 18.3 Å². The van der Waals surface area contributed by atoms with E-state index in [0.717, 1.165) is 5.56 Å². The zero-order chi connectivity index (χ0) is 12.7. The zero-order valence-corrected chi connectivity index (χ0v) is 10.4. The number of carboxylic acid groups (broad SMARTS) is 1. The Balaban J connectivity index is 2.43. The molecule has 0 saturated carbocycles. The fourth-order valence-electron chi connectivity index (χ4n) is 1.09. The van der Waals surface area contributed by atoms with Crippen LogP contribution in [-0.4, -0.2) is 34.3 Å². The van der Waals surface area contributed by atoms with Gasteiger partial charge in [-0.05, 0) is 11.6 Å². The van der Waals surface area contributed by atoms with E-state index in [1.807, 2.05) is 6.07 Å². The summed E-state index contributed by atoms with van der Waals surface area (Å²) in [5.41, 5.74) is 0.842. The van der Waals surface area contributed by atoms with Crippen LogP contribution in [-0.2, 0) is 15.3 Å². The first kappa shape index (κ1) is 13.8. The Morgan fingerprint density at radius 3 is 3.06 bits per heavy atom. The predicted octanol–water partition coefficient (Wildman–Crippen LogP) is 1.17. The largest absolute Gasteiger partial charge is 0.480 e. The van der Waals surface area contributed by atoms with Crippen LogP contribution in [0.3, 0.4) is 0 Å². The Morgan fingerprint density at radius 2 is 2.47 bits per heavy atom. The number of pyridine rings is 1. The van der Waals surface area contributed by atoms with E-state index in [1.165, 1.54) is 11.8 Å². The maximum atomic E-state index is 10.7. The number of halogens is 1. The Hall–Kier alpha value is -1.27. The van der Waals surface area contributed by atoms with E-state index in [0.29, 0.717) is 17.3 Å². The first-order valence-electron chi connectivity index (χ1n) is 4.74. The van der Waals surface area contributed by atoms with Crippen LogP contribution < -0.4 is 5.32 Å². The molecule has 1 aromatic rings. The van der Waals surface area contributed by atoms with Crippen molar-refractivity contribution in [2.45, 2.75) is 11.8 Å². The molecule has 0 aromatic carbocycles. The van der Waals surface area contributed by atoms with Gasteiger partial charge in [0.05, 0.1) is 0 Å². The number of rotatable bonds is 7. The standard InChI is InChI=1S/C10H11ClN2O3S/c11-9-7(2-1-3-12-9)4-17-5-8(10(15)16)13-6-14/h1-3,6,8H,4-5H2,(H,13,14)(H,15,16). The van der Waals surface area contributed by atoms with Crippen molar-refractivity contribution in [3.8, 4) is 0 Å². The van der Waals surface area contributed by atoms with Crippen molar-refractivity contribution in [3.05, 3.63) is 29.0 Å². The average molecular weight is 275 g/mol. The number of hydrogen-bond acceptors (Lipinski definition) is 4. The number of carbonyl (C=O) groups excluding carboxylic acids is 1. The highest BCUT2D eigenvalue weighted by Crippen LogP contribution is 2.19.